The lowest BCUT2D eigenvalue weighted by atomic mass is 10.3. The molecular weight excluding hydrogens is 198 g/mol. The molecule has 5 heteroatoms. The summed E-state index contributed by atoms with van der Waals surface area (Å²) in [6.45, 7) is 0. The number of thioether (sulfide) groups is 1. The van der Waals surface area contributed by atoms with E-state index in [0.717, 1.165) is 5.52 Å². The van der Waals surface area contributed by atoms with E-state index < -0.39 is 0 Å². The van der Waals surface area contributed by atoms with Gasteiger partial charge in [-0.1, -0.05) is 11.8 Å². The molecule has 14 heavy (non-hydrogen) atoms. The predicted molar refractivity (Wildman–Crippen MR) is 54.8 cm³/mol. The summed E-state index contributed by atoms with van der Waals surface area (Å²) in [6.07, 6.45) is 0. The Morgan fingerprint density at radius 1 is 1.57 bits per heavy atom. The first kappa shape index (κ1) is 8.91. The number of nitriles is 1. The SMILES string of the molecule is N#CCSc1nc2ccc(N)cc2o1. The normalized spacial score (nSPS) is 10.2. The summed E-state index contributed by atoms with van der Waals surface area (Å²) in [4.78, 5) is 4.18. The minimum atomic E-state index is 0.336. The molecule has 0 radical (unpaired) electrons. The number of hydrogen-bond acceptors (Lipinski definition) is 5. The third-order valence-electron chi connectivity index (χ3n) is 1.65. The number of fused-ring (bicyclic) bond motifs is 1. The summed E-state index contributed by atoms with van der Waals surface area (Å²) in [5.41, 5.74) is 7.65. The van der Waals surface area contributed by atoms with Gasteiger partial charge in [0.05, 0.1) is 11.8 Å². The zero-order valence-electron chi connectivity index (χ0n) is 7.23. The van der Waals surface area contributed by atoms with Gasteiger partial charge in [-0.25, -0.2) is 4.98 Å². The zero-order chi connectivity index (χ0) is 9.97. The van der Waals surface area contributed by atoms with E-state index in [-0.39, 0.29) is 0 Å². The van der Waals surface area contributed by atoms with Gasteiger partial charge in [-0.2, -0.15) is 5.26 Å². The Labute approximate surface area is 84.7 Å². The Morgan fingerprint density at radius 2 is 2.43 bits per heavy atom. The van der Waals surface area contributed by atoms with Gasteiger partial charge < -0.3 is 10.2 Å². The largest absolute Gasteiger partial charge is 0.431 e. The van der Waals surface area contributed by atoms with Crippen molar-refractivity contribution < 1.29 is 4.42 Å². The highest BCUT2D eigenvalue weighted by atomic mass is 32.2. The number of nitrogen functional groups attached to an aromatic ring is 1. The molecule has 0 aliphatic heterocycles. The van der Waals surface area contributed by atoms with Crippen LogP contribution in [-0.4, -0.2) is 10.7 Å². The van der Waals surface area contributed by atoms with Crippen LogP contribution < -0.4 is 5.73 Å². The van der Waals surface area contributed by atoms with Gasteiger partial charge in [-0.3, -0.25) is 0 Å². The van der Waals surface area contributed by atoms with E-state index >= 15 is 0 Å². The average molecular weight is 205 g/mol. The summed E-state index contributed by atoms with van der Waals surface area (Å²) >= 11 is 1.27. The molecule has 2 rings (SSSR count). The molecule has 1 heterocycles. The molecule has 0 bridgehead atoms. The van der Waals surface area contributed by atoms with Crippen LogP contribution in [0.5, 0.6) is 0 Å². The standard InChI is InChI=1S/C9H7N3OS/c10-3-4-14-9-12-7-2-1-6(11)5-8(7)13-9/h1-2,5H,4,11H2. The molecule has 0 aliphatic carbocycles. The van der Waals surface area contributed by atoms with Crippen molar-refractivity contribution in [1.29, 1.82) is 5.26 Å². The average Bonchev–Trinajstić information content (AvgIpc) is 2.56. The van der Waals surface area contributed by atoms with Crippen molar-refractivity contribution in [3.05, 3.63) is 18.2 Å². The Bertz CT molecular complexity index is 500. The molecule has 0 saturated carbocycles. The number of nitrogens with two attached hydrogens (primary N) is 1. The predicted octanol–water partition coefficient (Wildman–Crippen LogP) is 2.03. The number of anilines is 1. The smallest absolute Gasteiger partial charge is 0.257 e. The topological polar surface area (TPSA) is 75.8 Å². The third kappa shape index (κ3) is 1.65. The number of benzene rings is 1. The summed E-state index contributed by atoms with van der Waals surface area (Å²) in [5, 5.41) is 8.89. The highest BCUT2D eigenvalue weighted by Crippen LogP contribution is 2.24. The van der Waals surface area contributed by atoms with Crippen LogP contribution in [0.15, 0.2) is 27.8 Å². The van der Waals surface area contributed by atoms with Gasteiger partial charge >= 0.3 is 0 Å². The van der Waals surface area contributed by atoms with E-state index in [1.165, 1.54) is 11.8 Å². The van der Waals surface area contributed by atoms with Gasteiger partial charge in [-0.15, -0.1) is 0 Å². The van der Waals surface area contributed by atoms with Gasteiger partial charge in [-0.05, 0) is 12.1 Å². The molecule has 0 fully saturated rings. The lowest BCUT2D eigenvalue weighted by molar-refractivity contribution is 0.490. The fraction of sp³-hybridized carbons (Fsp3) is 0.111. The summed E-state index contributed by atoms with van der Waals surface area (Å²) in [6, 6.07) is 7.29. The Kier molecular flexibility index (Phi) is 2.29. The van der Waals surface area contributed by atoms with Gasteiger partial charge in [0.2, 0.25) is 0 Å². The molecule has 1 aromatic heterocycles. The van der Waals surface area contributed by atoms with E-state index in [0.29, 0.717) is 22.2 Å². The van der Waals surface area contributed by atoms with E-state index in [2.05, 4.69) is 4.98 Å². The molecule has 0 aliphatic rings. The van der Waals surface area contributed by atoms with Crippen LogP contribution in [0.1, 0.15) is 0 Å². The zero-order valence-corrected chi connectivity index (χ0v) is 8.04. The molecule has 0 spiro atoms. The fourth-order valence-electron chi connectivity index (χ4n) is 1.08. The monoisotopic (exact) mass is 205 g/mol. The van der Waals surface area contributed by atoms with Crippen LogP contribution in [0, 0.1) is 11.3 Å². The molecule has 70 valence electrons. The number of aromatic nitrogens is 1. The minimum absolute atomic E-state index is 0.336. The number of hydrogen-bond donors (Lipinski definition) is 1. The molecule has 4 nitrogen and oxygen atoms in total. The van der Waals surface area contributed by atoms with Crippen molar-refractivity contribution in [2.24, 2.45) is 0 Å². The van der Waals surface area contributed by atoms with Crippen molar-refractivity contribution in [3.8, 4) is 6.07 Å². The lowest BCUT2D eigenvalue weighted by Gasteiger charge is -1.88. The van der Waals surface area contributed by atoms with Crippen LogP contribution in [-0.2, 0) is 0 Å². The number of nitrogens with zero attached hydrogens (tertiary/aromatic N) is 2. The van der Waals surface area contributed by atoms with Gasteiger partial charge in [0.15, 0.2) is 5.58 Å². The first-order valence-electron chi connectivity index (χ1n) is 3.95. The summed E-state index contributed by atoms with van der Waals surface area (Å²) in [5.74, 6) is 0.336. The third-order valence-corrected chi connectivity index (χ3v) is 2.35. The first-order valence-corrected chi connectivity index (χ1v) is 4.94. The number of oxazole rings is 1. The Morgan fingerprint density at radius 3 is 3.21 bits per heavy atom. The summed E-state index contributed by atoms with van der Waals surface area (Å²) in [7, 11) is 0. The fourth-order valence-corrected chi connectivity index (χ4v) is 1.58. The molecule has 0 saturated heterocycles. The molecule has 0 amide bonds. The Hall–Kier alpha value is -1.67. The summed E-state index contributed by atoms with van der Waals surface area (Å²) < 4.78 is 5.37. The molecular formula is C9H7N3OS. The molecule has 2 aromatic rings. The molecule has 0 unspecified atom stereocenters. The van der Waals surface area contributed by atoms with Crippen LogP contribution in [0.25, 0.3) is 11.1 Å². The van der Waals surface area contributed by atoms with Gasteiger partial charge in [0, 0.05) is 11.8 Å². The Balaban J connectivity index is 2.37. The lowest BCUT2D eigenvalue weighted by Crippen LogP contribution is -1.81. The molecule has 0 atom stereocenters. The number of rotatable bonds is 2. The van der Waals surface area contributed by atoms with Gasteiger partial charge in [0.25, 0.3) is 5.22 Å². The minimum Gasteiger partial charge on any atom is -0.431 e. The highest BCUT2D eigenvalue weighted by molar-refractivity contribution is 7.99. The van der Waals surface area contributed by atoms with Crippen molar-refractivity contribution in [2.75, 3.05) is 11.5 Å². The van der Waals surface area contributed by atoms with Gasteiger partial charge in [0.1, 0.15) is 5.52 Å². The van der Waals surface area contributed by atoms with E-state index in [1.807, 2.05) is 6.07 Å². The van der Waals surface area contributed by atoms with Crippen LogP contribution in [0.3, 0.4) is 0 Å². The van der Waals surface area contributed by atoms with Crippen molar-refractivity contribution in [2.45, 2.75) is 5.22 Å². The molecule has 1 aromatic carbocycles. The van der Waals surface area contributed by atoms with Crippen molar-refractivity contribution >= 4 is 28.5 Å². The maximum Gasteiger partial charge on any atom is 0.257 e. The van der Waals surface area contributed by atoms with Crippen molar-refractivity contribution in [1.82, 2.24) is 4.98 Å². The van der Waals surface area contributed by atoms with Crippen LogP contribution in [0.2, 0.25) is 0 Å². The van der Waals surface area contributed by atoms with Crippen LogP contribution >= 0.6 is 11.8 Å². The second-order valence-corrected chi connectivity index (χ2v) is 3.58. The second kappa shape index (κ2) is 3.60. The van der Waals surface area contributed by atoms with Crippen LogP contribution in [0.4, 0.5) is 5.69 Å². The maximum atomic E-state index is 8.39. The van der Waals surface area contributed by atoms with E-state index in [9.17, 15) is 0 Å². The van der Waals surface area contributed by atoms with Crippen molar-refractivity contribution in [3.63, 3.8) is 0 Å². The maximum absolute atomic E-state index is 8.39. The van der Waals surface area contributed by atoms with E-state index in [4.69, 9.17) is 15.4 Å². The quantitative estimate of drug-likeness (QED) is 0.599. The van der Waals surface area contributed by atoms with E-state index in [1.54, 1.807) is 18.2 Å². The second-order valence-electron chi connectivity index (χ2n) is 2.65. The molecule has 2 N–H and O–H groups in total. The first-order chi connectivity index (χ1) is 6.79. The highest BCUT2D eigenvalue weighted by Gasteiger charge is 2.05.